The Labute approximate surface area is 122 Å². The van der Waals surface area contributed by atoms with Gasteiger partial charge >= 0.3 is 5.97 Å². The fourth-order valence-corrected chi connectivity index (χ4v) is 2.55. The molecule has 0 saturated carbocycles. The van der Waals surface area contributed by atoms with Gasteiger partial charge in [-0.1, -0.05) is 30.3 Å². The Kier molecular flexibility index (Phi) is 3.52. The van der Waals surface area contributed by atoms with Gasteiger partial charge in [0.1, 0.15) is 6.61 Å². The molecule has 0 saturated heterocycles. The molecule has 0 aliphatic heterocycles. The van der Waals surface area contributed by atoms with E-state index in [1.807, 2.05) is 36.4 Å². The van der Waals surface area contributed by atoms with Gasteiger partial charge < -0.3 is 14.6 Å². The van der Waals surface area contributed by atoms with Gasteiger partial charge in [0.2, 0.25) is 0 Å². The van der Waals surface area contributed by atoms with Crippen LogP contribution in [-0.2, 0) is 17.8 Å². The topological polar surface area (TPSA) is 55.8 Å². The molecule has 1 atom stereocenters. The van der Waals surface area contributed by atoms with E-state index in [2.05, 4.69) is 0 Å². The second-order valence-corrected chi connectivity index (χ2v) is 5.07. The van der Waals surface area contributed by atoms with E-state index in [0.29, 0.717) is 24.5 Å². The lowest BCUT2D eigenvalue weighted by molar-refractivity contribution is -0.139. The van der Waals surface area contributed by atoms with Gasteiger partial charge in [-0.3, -0.25) is 4.79 Å². The van der Waals surface area contributed by atoms with Gasteiger partial charge in [0.05, 0.1) is 13.0 Å². The molecular weight excluding hydrogens is 268 g/mol. The predicted molar refractivity (Wildman–Crippen MR) is 77.8 cm³/mol. The highest BCUT2D eigenvalue weighted by molar-refractivity contribution is 5.81. The summed E-state index contributed by atoms with van der Waals surface area (Å²) in [6, 6.07) is 13.5. The summed E-state index contributed by atoms with van der Waals surface area (Å²) in [5, 5.41) is 9.13. The molecule has 4 heteroatoms. The van der Waals surface area contributed by atoms with Crippen LogP contribution in [-0.4, -0.2) is 18.2 Å². The number of ether oxygens (including phenoxy) is 2. The number of benzene rings is 2. The normalized spacial score (nSPS) is 15.8. The van der Waals surface area contributed by atoms with Crippen molar-refractivity contribution in [1.29, 1.82) is 0 Å². The van der Waals surface area contributed by atoms with Crippen molar-refractivity contribution in [1.82, 2.24) is 0 Å². The third-order valence-electron chi connectivity index (χ3n) is 3.76. The van der Waals surface area contributed by atoms with Gasteiger partial charge in [-0.15, -0.1) is 0 Å². The van der Waals surface area contributed by atoms with Crippen molar-refractivity contribution in [2.75, 3.05) is 7.11 Å². The minimum Gasteiger partial charge on any atom is -0.493 e. The number of carbonyl (C=O) groups is 1. The Hall–Kier alpha value is -2.49. The molecule has 0 heterocycles. The maximum Gasteiger partial charge on any atom is 0.311 e. The molecule has 0 amide bonds. The van der Waals surface area contributed by atoms with E-state index in [9.17, 15) is 4.79 Å². The maximum atomic E-state index is 11.1. The molecule has 3 rings (SSSR count). The van der Waals surface area contributed by atoms with Crippen LogP contribution in [0.2, 0.25) is 0 Å². The molecule has 0 fully saturated rings. The van der Waals surface area contributed by atoms with Crippen molar-refractivity contribution >= 4 is 5.97 Å². The fraction of sp³-hybridized carbons (Fsp3) is 0.235. The highest BCUT2D eigenvalue weighted by atomic mass is 16.5. The van der Waals surface area contributed by atoms with E-state index < -0.39 is 11.9 Å². The summed E-state index contributed by atoms with van der Waals surface area (Å²) >= 11 is 0. The Balaban J connectivity index is 1.82. The molecule has 1 aliphatic carbocycles. The minimum absolute atomic E-state index is 0.424. The summed E-state index contributed by atoms with van der Waals surface area (Å²) in [5.74, 6) is 0.0197. The lowest BCUT2D eigenvalue weighted by Gasteiger charge is -2.28. The number of carboxylic acids is 1. The molecule has 0 spiro atoms. The standard InChI is InChI=1S/C17H16O4/c1-20-15-8-12-7-14(17(18)19)13(12)9-16(15)21-10-11-5-3-2-4-6-11/h2-6,8-9,14H,7,10H2,1H3,(H,18,19). The summed E-state index contributed by atoms with van der Waals surface area (Å²) in [6.07, 6.45) is 0.556. The van der Waals surface area contributed by atoms with E-state index in [-0.39, 0.29) is 0 Å². The summed E-state index contributed by atoms with van der Waals surface area (Å²) in [5.41, 5.74) is 2.90. The molecule has 108 valence electrons. The molecule has 1 unspecified atom stereocenters. The largest absolute Gasteiger partial charge is 0.493 e. The van der Waals surface area contributed by atoms with Crippen molar-refractivity contribution in [3.8, 4) is 11.5 Å². The Morgan fingerprint density at radius 1 is 1.24 bits per heavy atom. The molecule has 21 heavy (non-hydrogen) atoms. The number of hydrogen-bond acceptors (Lipinski definition) is 3. The first-order valence-corrected chi connectivity index (χ1v) is 6.79. The first kappa shape index (κ1) is 13.5. The number of carboxylic acid groups (broad SMARTS) is 1. The van der Waals surface area contributed by atoms with E-state index in [0.717, 1.165) is 16.7 Å². The lowest BCUT2D eigenvalue weighted by Crippen LogP contribution is -2.25. The molecule has 1 N–H and O–H groups in total. The molecule has 0 radical (unpaired) electrons. The van der Waals surface area contributed by atoms with Crippen LogP contribution in [0.5, 0.6) is 11.5 Å². The second-order valence-electron chi connectivity index (χ2n) is 5.07. The van der Waals surface area contributed by atoms with E-state index in [4.69, 9.17) is 14.6 Å². The smallest absolute Gasteiger partial charge is 0.311 e. The Morgan fingerprint density at radius 2 is 2.00 bits per heavy atom. The molecule has 2 aromatic rings. The number of hydrogen-bond donors (Lipinski definition) is 1. The van der Waals surface area contributed by atoms with Crippen molar-refractivity contribution < 1.29 is 19.4 Å². The van der Waals surface area contributed by atoms with Crippen molar-refractivity contribution in [3.63, 3.8) is 0 Å². The zero-order valence-corrected chi connectivity index (χ0v) is 11.7. The van der Waals surface area contributed by atoms with Crippen LogP contribution in [0, 0.1) is 0 Å². The average molecular weight is 284 g/mol. The van der Waals surface area contributed by atoms with Crippen molar-refractivity contribution in [2.45, 2.75) is 18.9 Å². The summed E-state index contributed by atoms with van der Waals surface area (Å²) < 4.78 is 11.1. The summed E-state index contributed by atoms with van der Waals surface area (Å²) in [7, 11) is 1.59. The Morgan fingerprint density at radius 3 is 2.67 bits per heavy atom. The SMILES string of the molecule is COc1cc2c(cc1OCc1ccccc1)C(C(=O)O)C2. The van der Waals surface area contributed by atoms with E-state index >= 15 is 0 Å². The van der Waals surface area contributed by atoms with Gasteiger partial charge in [-0.05, 0) is 35.2 Å². The zero-order chi connectivity index (χ0) is 14.8. The zero-order valence-electron chi connectivity index (χ0n) is 11.7. The van der Waals surface area contributed by atoms with Gasteiger partial charge in [0.25, 0.3) is 0 Å². The van der Waals surface area contributed by atoms with Crippen LogP contribution in [0.4, 0.5) is 0 Å². The average Bonchev–Trinajstić information content (AvgIpc) is 2.47. The maximum absolute atomic E-state index is 11.1. The molecule has 1 aliphatic rings. The molecule has 2 aromatic carbocycles. The first-order valence-electron chi connectivity index (χ1n) is 6.79. The third kappa shape index (κ3) is 2.57. The number of aliphatic carboxylic acids is 1. The monoisotopic (exact) mass is 284 g/mol. The van der Waals surface area contributed by atoms with E-state index in [1.54, 1.807) is 13.2 Å². The summed E-state index contributed by atoms with van der Waals surface area (Å²) in [6.45, 7) is 0.424. The lowest BCUT2D eigenvalue weighted by atomic mass is 9.77. The van der Waals surface area contributed by atoms with Gasteiger partial charge in [-0.25, -0.2) is 0 Å². The third-order valence-corrected chi connectivity index (χ3v) is 3.76. The van der Waals surface area contributed by atoms with Crippen molar-refractivity contribution in [3.05, 3.63) is 59.2 Å². The quantitative estimate of drug-likeness (QED) is 0.917. The van der Waals surface area contributed by atoms with Gasteiger partial charge in [0.15, 0.2) is 11.5 Å². The molecular formula is C17H16O4. The van der Waals surface area contributed by atoms with Gasteiger partial charge in [0, 0.05) is 0 Å². The minimum atomic E-state index is -0.790. The van der Waals surface area contributed by atoms with Crippen LogP contribution < -0.4 is 9.47 Å². The second kappa shape index (κ2) is 5.48. The summed E-state index contributed by atoms with van der Waals surface area (Å²) in [4.78, 5) is 11.1. The highest BCUT2D eigenvalue weighted by Gasteiger charge is 2.33. The van der Waals surface area contributed by atoms with Crippen LogP contribution in [0.3, 0.4) is 0 Å². The van der Waals surface area contributed by atoms with Crippen LogP contribution >= 0.6 is 0 Å². The van der Waals surface area contributed by atoms with E-state index in [1.165, 1.54) is 0 Å². The highest BCUT2D eigenvalue weighted by Crippen LogP contribution is 2.42. The first-order chi connectivity index (χ1) is 10.2. The number of fused-ring (bicyclic) bond motifs is 1. The number of methoxy groups -OCH3 is 1. The van der Waals surface area contributed by atoms with Crippen LogP contribution in [0.1, 0.15) is 22.6 Å². The molecule has 0 aromatic heterocycles. The van der Waals surface area contributed by atoms with Gasteiger partial charge in [-0.2, -0.15) is 0 Å². The van der Waals surface area contributed by atoms with Crippen LogP contribution in [0.15, 0.2) is 42.5 Å². The fourth-order valence-electron chi connectivity index (χ4n) is 2.55. The molecule has 4 nitrogen and oxygen atoms in total. The Bertz CT molecular complexity index is 664. The van der Waals surface area contributed by atoms with Crippen LogP contribution in [0.25, 0.3) is 0 Å². The van der Waals surface area contributed by atoms with Crippen molar-refractivity contribution in [2.24, 2.45) is 0 Å². The molecule has 0 bridgehead atoms. The number of rotatable bonds is 5. The predicted octanol–water partition coefficient (Wildman–Crippen LogP) is 3.00.